The zero-order chi connectivity index (χ0) is 28.8. The minimum Gasteiger partial charge on any atom is -0.456 e. The molecule has 9 heteroatoms. The van der Waals surface area contributed by atoms with Gasteiger partial charge in [0.25, 0.3) is 0 Å². The second-order valence-corrected chi connectivity index (χ2v) is 11.8. The van der Waals surface area contributed by atoms with Crippen LogP contribution in [0.15, 0.2) is 59.6 Å². The van der Waals surface area contributed by atoms with E-state index in [0.29, 0.717) is 28.1 Å². The van der Waals surface area contributed by atoms with Crippen molar-refractivity contribution in [2.45, 2.75) is 44.4 Å². The van der Waals surface area contributed by atoms with Gasteiger partial charge in [-0.1, -0.05) is 32.9 Å². The highest BCUT2D eigenvalue weighted by Gasteiger charge is 2.20. The normalized spacial score (nSPS) is 13.6. The molecule has 0 unspecified atom stereocenters. The summed E-state index contributed by atoms with van der Waals surface area (Å²) in [5.74, 6) is 0.837. The predicted molar refractivity (Wildman–Crippen MR) is 140 cm³/mol. The lowest BCUT2D eigenvalue weighted by molar-refractivity contribution is -0.115. The Balaban J connectivity index is 1.52. The van der Waals surface area contributed by atoms with Crippen LogP contribution in [-0.2, 0) is 33.4 Å². The van der Waals surface area contributed by atoms with Gasteiger partial charge < -0.3 is 10.1 Å². The van der Waals surface area contributed by atoms with Gasteiger partial charge in [-0.15, -0.1) is 0 Å². The first-order chi connectivity index (χ1) is 18.0. The van der Waals surface area contributed by atoms with Crippen molar-refractivity contribution in [3.05, 3.63) is 71.5 Å². The molecule has 1 amide bonds. The molecule has 36 heavy (non-hydrogen) atoms. The molecule has 188 valence electrons. The fourth-order valence-corrected chi connectivity index (χ4v) is 4.47. The summed E-state index contributed by atoms with van der Waals surface area (Å²) in [4.78, 5) is 17.2. The predicted octanol–water partition coefficient (Wildman–Crippen LogP) is 4.95. The van der Waals surface area contributed by atoms with Crippen molar-refractivity contribution >= 4 is 32.5 Å². The van der Waals surface area contributed by atoms with E-state index in [-0.39, 0.29) is 23.0 Å². The maximum Gasteiger partial charge on any atom is 0.229 e. The number of rotatable bonds is 6. The monoisotopic (exact) mass is 509 g/mol. The Kier molecular flexibility index (Phi) is 5.62. The van der Waals surface area contributed by atoms with E-state index >= 15 is 0 Å². The minimum absolute atomic E-state index is 0.0442. The average molecular weight is 510 g/mol. The molecule has 0 bridgehead atoms. The molecule has 4 rings (SSSR count). The third-order valence-corrected chi connectivity index (χ3v) is 6.78. The minimum atomic E-state index is -3.40. The first kappa shape index (κ1) is 21.6. The van der Waals surface area contributed by atoms with Gasteiger partial charge in [0.15, 0.2) is 15.7 Å². The van der Waals surface area contributed by atoms with Crippen LogP contribution in [0.5, 0.6) is 11.5 Å². The molecule has 2 aromatic carbocycles. The van der Waals surface area contributed by atoms with E-state index < -0.39 is 22.2 Å². The first-order valence-corrected chi connectivity index (χ1v) is 13.2. The van der Waals surface area contributed by atoms with Crippen LogP contribution in [0.1, 0.15) is 41.7 Å². The quantitative estimate of drug-likeness (QED) is 0.394. The second kappa shape index (κ2) is 9.39. The first-order valence-electron chi connectivity index (χ1n) is 12.8. The Hall–Kier alpha value is -3.72. The summed E-state index contributed by atoms with van der Waals surface area (Å²) < 4.78 is 54.4. The number of aryl methyl sites for hydroxylation is 2. The van der Waals surface area contributed by atoms with E-state index in [0.717, 1.165) is 22.1 Å². The van der Waals surface area contributed by atoms with Crippen LogP contribution in [0.3, 0.4) is 0 Å². The molecule has 1 N–H and O–H groups in total. The second-order valence-electron chi connectivity index (χ2n) is 9.76. The summed E-state index contributed by atoms with van der Waals surface area (Å²) in [6, 6.07) is 13.3. The Morgan fingerprint density at radius 1 is 1.11 bits per heavy atom. The number of ether oxygens (including phenoxy) is 1. The maximum absolute atomic E-state index is 12.8. The van der Waals surface area contributed by atoms with E-state index in [4.69, 9.17) is 8.85 Å². The number of nitrogens with zero attached hydrogens (tertiary/aromatic N) is 3. The number of hydrogen-bond donors (Lipinski definition) is 1. The van der Waals surface area contributed by atoms with Crippen LogP contribution in [0.4, 0.5) is 5.82 Å². The molecule has 0 aliphatic rings. The van der Waals surface area contributed by atoms with Gasteiger partial charge in [0.2, 0.25) is 5.91 Å². The lowest BCUT2D eigenvalue weighted by Gasteiger charge is -2.17. The fraction of sp³-hybridized carbons (Fsp3) is 0.296. The van der Waals surface area contributed by atoms with Crippen molar-refractivity contribution in [2.75, 3.05) is 11.6 Å². The fourth-order valence-electron chi connectivity index (χ4n) is 3.82. The van der Waals surface area contributed by atoms with Crippen LogP contribution < -0.4 is 10.1 Å². The summed E-state index contributed by atoms with van der Waals surface area (Å²) in [6.07, 6.45) is 2.78. The molecule has 0 saturated heterocycles. The van der Waals surface area contributed by atoms with E-state index in [9.17, 15) is 13.2 Å². The summed E-state index contributed by atoms with van der Waals surface area (Å²) in [7, 11) is -3.40. The van der Waals surface area contributed by atoms with Gasteiger partial charge in [-0.05, 0) is 48.4 Å². The van der Waals surface area contributed by atoms with Crippen LogP contribution >= 0.6 is 0 Å². The number of hydrogen-bond acceptors (Lipinski definition) is 6. The number of sulfone groups is 1. The molecule has 0 saturated carbocycles. The van der Waals surface area contributed by atoms with E-state index in [1.165, 1.54) is 6.07 Å². The van der Waals surface area contributed by atoms with Gasteiger partial charge in [-0.25, -0.2) is 8.42 Å². The lowest BCUT2D eigenvalue weighted by Crippen LogP contribution is -2.16. The number of carbonyl (C=O) groups is 1. The summed E-state index contributed by atoms with van der Waals surface area (Å²) in [5.41, 5.74) is 2.10. The zero-order valence-corrected chi connectivity index (χ0v) is 21.6. The van der Waals surface area contributed by atoms with Crippen LogP contribution in [0, 0.1) is 6.92 Å². The molecule has 8 nitrogen and oxygen atoms in total. The van der Waals surface area contributed by atoms with Crippen molar-refractivity contribution in [3.8, 4) is 11.5 Å². The SMILES string of the molecule is [2H]C([2H])([2H])n1nc(NC(=O)Cc2ccc(Oc3ccnc4ccc(S(C)(=O)=O)cc34)c(C)c2)cc1C(C)(C)C. The van der Waals surface area contributed by atoms with Crippen LogP contribution in [0.2, 0.25) is 0 Å². The van der Waals surface area contributed by atoms with Gasteiger partial charge in [0.05, 0.1) is 16.8 Å². The lowest BCUT2D eigenvalue weighted by atomic mass is 9.92. The van der Waals surface area contributed by atoms with Crippen molar-refractivity contribution in [1.29, 1.82) is 0 Å². The van der Waals surface area contributed by atoms with Crippen molar-refractivity contribution in [1.82, 2.24) is 14.8 Å². The number of fused-ring (bicyclic) bond motifs is 1. The number of pyridine rings is 1. The number of anilines is 1. The van der Waals surface area contributed by atoms with Gasteiger partial charge >= 0.3 is 0 Å². The molecule has 2 heterocycles. The van der Waals surface area contributed by atoms with Crippen molar-refractivity contribution in [3.63, 3.8) is 0 Å². The van der Waals surface area contributed by atoms with Gasteiger partial charge in [-0.2, -0.15) is 5.10 Å². The standard InChI is InChI=1S/C27H30N4O4S/c1-17-13-18(14-26(32)29-25-16-24(27(2,3)4)31(5)30-25)7-10-22(17)35-23-11-12-28-21-9-8-19(15-20(21)23)36(6,33)34/h7-13,15-16H,14H2,1-6H3,(H,29,30,32)/i5D3. The molecule has 0 aliphatic heterocycles. The van der Waals surface area contributed by atoms with Gasteiger partial charge in [-0.3, -0.25) is 14.5 Å². The molecular weight excluding hydrogens is 476 g/mol. The highest BCUT2D eigenvalue weighted by atomic mass is 32.2. The van der Waals surface area contributed by atoms with E-state index in [2.05, 4.69) is 15.4 Å². The van der Waals surface area contributed by atoms with Crippen molar-refractivity contribution < 1.29 is 22.1 Å². The molecular formula is C27H30N4O4S. The summed E-state index contributed by atoms with van der Waals surface area (Å²) in [6.45, 7) is 5.01. The number of amides is 1. The molecule has 0 radical (unpaired) electrons. The number of aromatic nitrogens is 3. The summed E-state index contributed by atoms with van der Waals surface area (Å²) >= 11 is 0. The molecule has 2 aromatic heterocycles. The Morgan fingerprint density at radius 2 is 1.89 bits per heavy atom. The highest BCUT2D eigenvalue weighted by Crippen LogP contribution is 2.32. The average Bonchev–Trinajstić information content (AvgIpc) is 3.25. The van der Waals surface area contributed by atoms with Gasteiger partial charge in [0, 0.05) is 46.1 Å². The zero-order valence-electron chi connectivity index (χ0n) is 23.8. The van der Waals surface area contributed by atoms with Gasteiger partial charge in [0.1, 0.15) is 11.5 Å². The Labute approximate surface area is 215 Å². The third kappa shape index (κ3) is 5.57. The third-order valence-electron chi connectivity index (χ3n) is 5.67. The highest BCUT2D eigenvalue weighted by molar-refractivity contribution is 7.90. The number of nitrogens with one attached hydrogen (secondary N) is 1. The molecule has 4 aromatic rings. The molecule has 0 fully saturated rings. The maximum atomic E-state index is 12.8. The van der Waals surface area contributed by atoms with Crippen molar-refractivity contribution in [2.24, 2.45) is 6.98 Å². The largest absolute Gasteiger partial charge is 0.456 e. The molecule has 0 spiro atoms. The Bertz CT molecular complexity index is 1640. The number of benzene rings is 2. The summed E-state index contributed by atoms with van der Waals surface area (Å²) in [5, 5.41) is 7.38. The van der Waals surface area contributed by atoms with E-state index in [1.54, 1.807) is 42.6 Å². The smallest absolute Gasteiger partial charge is 0.229 e. The number of carbonyl (C=O) groups excluding carboxylic acids is 1. The van der Waals surface area contributed by atoms with Crippen LogP contribution in [0.25, 0.3) is 10.9 Å². The molecule has 0 atom stereocenters. The van der Waals surface area contributed by atoms with Crippen LogP contribution in [-0.4, -0.2) is 35.3 Å². The van der Waals surface area contributed by atoms with E-state index in [1.807, 2.05) is 33.8 Å². The Morgan fingerprint density at radius 3 is 2.53 bits per heavy atom. The molecule has 0 aliphatic carbocycles. The topological polar surface area (TPSA) is 103 Å².